The minimum atomic E-state index is 0. The Balaban J connectivity index is 0. The van der Waals surface area contributed by atoms with Gasteiger partial charge in [-0.1, -0.05) is 13.8 Å². The summed E-state index contributed by atoms with van der Waals surface area (Å²) in [6.45, 7) is 4.11. The standard InChI is InChI=1S/C8H9.ClH.Mg/c1-7-3-5-8(2)6-4-7;;/h3-5H,1-2H3;1H;/q-1;;+2/p-1. The Kier molecular flexibility index (Phi) is 7.77. The zero-order valence-electron chi connectivity index (χ0n) is 6.32. The largest absolute Gasteiger partial charge is 2.00 e. The summed E-state index contributed by atoms with van der Waals surface area (Å²) in [5, 5.41) is 0. The molecular weight excluding hydrogens is 156 g/mol. The first kappa shape index (κ1) is 12.9. The zero-order valence-corrected chi connectivity index (χ0v) is 8.49. The second kappa shape index (κ2) is 6.02. The van der Waals surface area contributed by atoms with E-state index in [2.05, 4.69) is 25.1 Å². The van der Waals surface area contributed by atoms with Crippen LogP contribution in [0.2, 0.25) is 0 Å². The van der Waals surface area contributed by atoms with Crippen LogP contribution in [0.1, 0.15) is 11.1 Å². The Hall–Kier alpha value is 0.276. The van der Waals surface area contributed by atoms with E-state index in [-0.39, 0.29) is 35.5 Å². The molecule has 0 bridgehead atoms. The van der Waals surface area contributed by atoms with Gasteiger partial charge in [-0.25, -0.2) is 0 Å². The van der Waals surface area contributed by atoms with Crippen molar-refractivity contribution in [3.8, 4) is 0 Å². The SMILES string of the molecule is Cc1[c-]cc(C)cc1.[Cl-].[Mg+2]. The number of hydrogen-bond acceptors (Lipinski definition) is 0. The topological polar surface area (TPSA) is 0 Å². The molecule has 0 saturated carbocycles. The maximum Gasteiger partial charge on any atom is 2.00 e. The van der Waals surface area contributed by atoms with Gasteiger partial charge in [-0.05, 0) is 0 Å². The summed E-state index contributed by atoms with van der Waals surface area (Å²) < 4.78 is 0. The van der Waals surface area contributed by atoms with E-state index in [1.54, 1.807) is 0 Å². The van der Waals surface area contributed by atoms with Crippen LogP contribution in [0.5, 0.6) is 0 Å². The smallest absolute Gasteiger partial charge is 1.00 e. The van der Waals surface area contributed by atoms with Crippen molar-refractivity contribution in [2.75, 3.05) is 0 Å². The predicted octanol–water partition coefficient (Wildman–Crippen LogP) is -1.27. The van der Waals surface area contributed by atoms with Gasteiger partial charge in [0.25, 0.3) is 0 Å². The molecule has 0 spiro atoms. The molecule has 0 atom stereocenters. The average Bonchev–Trinajstić information content (AvgIpc) is 1.77. The van der Waals surface area contributed by atoms with Crippen molar-refractivity contribution in [3.63, 3.8) is 0 Å². The van der Waals surface area contributed by atoms with E-state index in [1.165, 1.54) is 11.1 Å². The average molecular weight is 165 g/mol. The second-order valence-electron chi connectivity index (χ2n) is 2.05. The molecule has 0 fully saturated rings. The van der Waals surface area contributed by atoms with Crippen LogP contribution in [0.4, 0.5) is 0 Å². The van der Waals surface area contributed by atoms with Gasteiger partial charge in [0.2, 0.25) is 0 Å². The molecule has 0 amide bonds. The molecule has 0 heterocycles. The van der Waals surface area contributed by atoms with Gasteiger partial charge in [-0.2, -0.15) is 35.4 Å². The molecule has 0 N–H and O–H groups in total. The first-order valence-electron chi connectivity index (χ1n) is 2.74. The van der Waals surface area contributed by atoms with E-state index >= 15 is 0 Å². The van der Waals surface area contributed by atoms with Gasteiger partial charge in [-0.15, -0.1) is 0 Å². The molecule has 0 nitrogen and oxygen atoms in total. The summed E-state index contributed by atoms with van der Waals surface area (Å²) in [4.78, 5) is 0. The van der Waals surface area contributed by atoms with Crippen molar-refractivity contribution in [2.45, 2.75) is 13.8 Å². The number of aryl methyl sites for hydroxylation is 2. The summed E-state index contributed by atoms with van der Waals surface area (Å²) in [5.41, 5.74) is 2.48. The van der Waals surface area contributed by atoms with Gasteiger partial charge in [0.1, 0.15) is 0 Å². The fourth-order valence-corrected chi connectivity index (χ4v) is 0.580. The minimum absolute atomic E-state index is 0. The molecule has 0 aromatic heterocycles. The molecule has 50 valence electrons. The monoisotopic (exact) mass is 164 g/mol. The van der Waals surface area contributed by atoms with Crippen LogP contribution in [-0.4, -0.2) is 23.1 Å². The second-order valence-corrected chi connectivity index (χ2v) is 2.05. The van der Waals surface area contributed by atoms with Gasteiger partial charge >= 0.3 is 23.1 Å². The maximum atomic E-state index is 3.10. The van der Waals surface area contributed by atoms with Crippen molar-refractivity contribution < 1.29 is 12.4 Å². The maximum absolute atomic E-state index is 3.10. The van der Waals surface area contributed by atoms with Crippen LogP contribution in [0.25, 0.3) is 0 Å². The molecule has 2 heteroatoms. The van der Waals surface area contributed by atoms with E-state index < -0.39 is 0 Å². The third-order valence-corrected chi connectivity index (χ3v) is 1.12. The number of benzene rings is 1. The van der Waals surface area contributed by atoms with Crippen LogP contribution in [0.15, 0.2) is 18.2 Å². The Morgan fingerprint density at radius 3 is 2.10 bits per heavy atom. The van der Waals surface area contributed by atoms with E-state index in [0.717, 1.165) is 0 Å². The fraction of sp³-hybridized carbons (Fsp3) is 0.250. The van der Waals surface area contributed by atoms with Crippen molar-refractivity contribution in [3.05, 3.63) is 35.4 Å². The summed E-state index contributed by atoms with van der Waals surface area (Å²) in [6, 6.07) is 9.25. The summed E-state index contributed by atoms with van der Waals surface area (Å²) in [7, 11) is 0. The van der Waals surface area contributed by atoms with Crippen LogP contribution < -0.4 is 12.4 Å². The molecule has 10 heavy (non-hydrogen) atoms. The van der Waals surface area contributed by atoms with Crippen LogP contribution >= 0.6 is 0 Å². The third-order valence-electron chi connectivity index (χ3n) is 1.12. The van der Waals surface area contributed by atoms with Crippen LogP contribution in [-0.2, 0) is 0 Å². The van der Waals surface area contributed by atoms with Crippen molar-refractivity contribution >= 4 is 23.1 Å². The molecule has 0 aliphatic heterocycles. The zero-order chi connectivity index (χ0) is 5.98. The van der Waals surface area contributed by atoms with Gasteiger partial charge in [0.05, 0.1) is 0 Å². The third kappa shape index (κ3) is 4.15. The van der Waals surface area contributed by atoms with Gasteiger partial charge < -0.3 is 12.4 Å². The Bertz CT molecular complexity index is 148. The fourth-order valence-electron chi connectivity index (χ4n) is 0.580. The Morgan fingerprint density at radius 1 is 1.20 bits per heavy atom. The van der Waals surface area contributed by atoms with Crippen LogP contribution in [0.3, 0.4) is 0 Å². The number of hydrogen-bond donors (Lipinski definition) is 0. The quantitative estimate of drug-likeness (QED) is 0.332. The van der Waals surface area contributed by atoms with E-state index in [1.807, 2.05) is 13.0 Å². The molecule has 1 aromatic rings. The van der Waals surface area contributed by atoms with Crippen molar-refractivity contribution in [1.82, 2.24) is 0 Å². The van der Waals surface area contributed by atoms with Gasteiger partial charge in [0, 0.05) is 0 Å². The van der Waals surface area contributed by atoms with E-state index in [0.29, 0.717) is 0 Å². The Morgan fingerprint density at radius 2 is 1.80 bits per heavy atom. The summed E-state index contributed by atoms with van der Waals surface area (Å²) in [5.74, 6) is 0. The molecule has 0 aliphatic carbocycles. The first-order chi connectivity index (χ1) is 3.79. The number of rotatable bonds is 0. The molecule has 1 rings (SSSR count). The van der Waals surface area contributed by atoms with Crippen molar-refractivity contribution in [1.29, 1.82) is 0 Å². The minimum Gasteiger partial charge on any atom is -1.00 e. The van der Waals surface area contributed by atoms with Gasteiger partial charge in [-0.3, -0.25) is 0 Å². The Labute approximate surface area is 84.6 Å². The normalized spacial score (nSPS) is 7.40. The molecule has 1 aromatic carbocycles. The van der Waals surface area contributed by atoms with Gasteiger partial charge in [0.15, 0.2) is 0 Å². The first-order valence-corrected chi connectivity index (χ1v) is 2.74. The molecule has 0 saturated heterocycles. The molecule has 0 aliphatic rings. The summed E-state index contributed by atoms with van der Waals surface area (Å²) >= 11 is 0. The summed E-state index contributed by atoms with van der Waals surface area (Å²) in [6.07, 6.45) is 0. The number of halogens is 1. The predicted molar refractivity (Wildman–Crippen MR) is 40.5 cm³/mol. The molecule has 0 unspecified atom stereocenters. The molecule has 0 radical (unpaired) electrons. The van der Waals surface area contributed by atoms with Crippen molar-refractivity contribution in [2.24, 2.45) is 0 Å². The van der Waals surface area contributed by atoms with E-state index in [4.69, 9.17) is 0 Å². The molecular formula is C8H9ClMg. The van der Waals surface area contributed by atoms with E-state index in [9.17, 15) is 0 Å². The van der Waals surface area contributed by atoms with Crippen LogP contribution in [0, 0.1) is 19.9 Å².